The molecule has 0 N–H and O–H groups in total. The largest absolute Gasteiger partial charge is 0.439 e. The minimum absolute atomic E-state index is 0.400. The molecule has 0 aliphatic carbocycles. The molecule has 2 aromatic carbocycles. The highest BCUT2D eigenvalue weighted by Crippen LogP contribution is 2.24. The van der Waals surface area contributed by atoms with Gasteiger partial charge in [0.05, 0.1) is 17.6 Å². The van der Waals surface area contributed by atoms with Gasteiger partial charge in [0.15, 0.2) is 5.76 Å². The molecule has 1 saturated heterocycles. The highest BCUT2D eigenvalue weighted by molar-refractivity contribution is 7.89. The number of hydrogen-bond acceptors (Lipinski definition) is 5. The van der Waals surface area contributed by atoms with E-state index < -0.39 is 10.0 Å². The van der Waals surface area contributed by atoms with Gasteiger partial charge in [-0.1, -0.05) is 48.0 Å². The smallest absolute Gasteiger partial charge is 0.243 e. The monoisotopic (exact) mass is 411 g/mol. The maximum atomic E-state index is 13.0. The number of aromatic nitrogens is 1. The Kier molecular flexibility index (Phi) is 5.54. The van der Waals surface area contributed by atoms with E-state index in [0.717, 1.165) is 22.5 Å². The second-order valence-electron chi connectivity index (χ2n) is 7.43. The van der Waals surface area contributed by atoms with E-state index in [1.54, 1.807) is 16.6 Å². The van der Waals surface area contributed by atoms with Crippen LogP contribution in [0.25, 0.3) is 11.3 Å². The molecule has 29 heavy (non-hydrogen) atoms. The summed E-state index contributed by atoms with van der Waals surface area (Å²) in [4.78, 5) is 6.96. The van der Waals surface area contributed by atoms with Crippen molar-refractivity contribution < 1.29 is 12.8 Å². The molecule has 1 aliphatic rings. The highest BCUT2D eigenvalue weighted by atomic mass is 32.2. The van der Waals surface area contributed by atoms with Crippen LogP contribution < -0.4 is 0 Å². The third kappa shape index (κ3) is 4.27. The van der Waals surface area contributed by atoms with Gasteiger partial charge in [-0.05, 0) is 25.5 Å². The lowest BCUT2D eigenvalue weighted by atomic mass is 10.2. The fourth-order valence-corrected chi connectivity index (χ4v) is 5.29. The predicted octanol–water partition coefficient (Wildman–Crippen LogP) is 3.46. The number of nitrogens with zero attached hydrogens (tertiary/aromatic N) is 3. The second kappa shape index (κ2) is 8.10. The van der Waals surface area contributed by atoms with Crippen molar-refractivity contribution in [1.82, 2.24) is 14.2 Å². The van der Waals surface area contributed by atoms with Crippen LogP contribution >= 0.6 is 0 Å². The quantitative estimate of drug-likeness (QED) is 0.643. The van der Waals surface area contributed by atoms with E-state index in [9.17, 15) is 8.42 Å². The molecule has 6 nitrogen and oxygen atoms in total. The molecule has 0 saturated carbocycles. The first-order chi connectivity index (χ1) is 13.9. The van der Waals surface area contributed by atoms with Gasteiger partial charge >= 0.3 is 0 Å². The first kappa shape index (κ1) is 19.8. The van der Waals surface area contributed by atoms with Crippen LogP contribution in [0.15, 0.2) is 64.0 Å². The van der Waals surface area contributed by atoms with Crippen LogP contribution in [0, 0.1) is 13.8 Å². The van der Waals surface area contributed by atoms with Gasteiger partial charge in [-0.25, -0.2) is 13.4 Å². The molecule has 1 aliphatic heterocycles. The average Bonchev–Trinajstić information content (AvgIpc) is 3.17. The lowest BCUT2D eigenvalue weighted by Gasteiger charge is -2.33. The summed E-state index contributed by atoms with van der Waals surface area (Å²) in [6, 6.07) is 15.3. The summed E-state index contributed by atoms with van der Waals surface area (Å²) < 4.78 is 33.5. The van der Waals surface area contributed by atoms with E-state index >= 15 is 0 Å². The molecule has 0 bridgehead atoms. The molecule has 4 rings (SSSR count). The molecule has 0 atom stereocenters. The average molecular weight is 412 g/mol. The molecule has 3 aromatic rings. The molecule has 152 valence electrons. The Labute approximate surface area is 171 Å². The molecular formula is C22H25N3O3S. The van der Waals surface area contributed by atoms with Crippen molar-refractivity contribution in [1.29, 1.82) is 0 Å². The fourth-order valence-electron chi connectivity index (χ4n) is 3.67. The van der Waals surface area contributed by atoms with E-state index in [1.807, 2.05) is 56.3 Å². The van der Waals surface area contributed by atoms with Crippen LogP contribution in [0.2, 0.25) is 0 Å². The standard InChI is InChI=1S/C22H25N3O3S/c1-17-8-9-21(18(2)14-17)29(26,27)25-12-10-24(11-13-25)16-22-23-15-20(28-22)19-6-4-3-5-7-19/h3-9,14-15H,10-13,16H2,1-2H3. The van der Waals surface area contributed by atoms with Crippen LogP contribution in [0.5, 0.6) is 0 Å². The summed E-state index contributed by atoms with van der Waals surface area (Å²) in [5.74, 6) is 1.39. The number of piperazine rings is 1. The van der Waals surface area contributed by atoms with Crippen molar-refractivity contribution in [3.8, 4) is 11.3 Å². The van der Waals surface area contributed by atoms with Gasteiger partial charge in [0.1, 0.15) is 0 Å². The number of hydrogen-bond donors (Lipinski definition) is 0. The Balaban J connectivity index is 1.39. The van der Waals surface area contributed by atoms with Gasteiger partial charge in [0.2, 0.25) is 15.9 Å². The minimum atomic E-state index is -3.47. The van der Waals surface area contributed by atoms with Crippen LogP contribution in [-0.2, 0) is 16.6 Å². The predicted molar refractivity (Wildman–Crippen MR) is 112 cm³/mol. The Hall–Kier alpha value is -2.48. The summed E-state index contributed by atoms with van der Waals surface area (Å²) in [6.07, 6.45) is 1.74. The number of oxazole rings is 1. The summed E-state index contributed by atoms with van der Waals surface area (Å²) in [6.45, 7) is 6.60. The maximum Gasteiger partial charge on any atom is 0.243 e. The first-order valence-corrected chi connectivity index (χ1v) is 11.2. The number of rotatable bonds is 5. The van der Waals surface area contributed by atoms with Crippen molar-refractivity contribution >= 4 is 10.0 Å². The summed E-state index contributed by atoms with van der Waals surface area (Å²) in [5, 5.41) is 0. The normalized spacial score (nSPS) is 16.2. The zero-order valence-electron chi connectivity index (χ0n) is 16.7. The Morgan fingerprint density at radius 3 is 2.41 bits per heavy atom. The van der Waals surface area contributed by atoms with Crippen molar-refractivity contribution in [3.05, 3.63) is 71.7 Å². The van der Waals surface area contributed by atoms with Crippen LogP contribution in [-0.4, -0.2) is 48.8 Å². The third-order valence-electron chi connectivity index (χ3n) is 5.25. The van der Waals surface area contributed by atoms with Gasteiger partial charge in [-0.2, -0.15) is 4.31 Å². The van der Waals surface area contributed by atoms with Crippen molar-refractivity contribution in [2.24, 2.45) is 0 Å². The Bertz CT molecular complexity index is 1090. The van der Waals surface area contributed by atoms with Crippen LogP contribution in [0.3, 0.4) is 0 Å². The molecule has 2 heterocycles. The van der Waals surface area contributed by atoms with E-state index in [-0.39, 0.29) is 0 Å². The molecule has 0 amide bonds. The molecular weight excluding hydrogens is 386 g/mol. The Morgan fingerprint density at radius 1 is 1.00 bits per heavy atom. The number of benzene rings is 2. The van der Waals surface area contributed by atoms with Crippen molar-refractivity contribution in [2.75, 3.05) is 26.2 Å². The van der Waals surface area contributed by atoms with Gasteiger partial charge in [-0.15, -0.1) is 0 Å². The lowest BCUT2D eigenvalue weighted by molar-refractivity contribution is 0.168. The highest BCUT2D eigenvalue weighted by Gasteiger charge is 2.30. The molecule has 0 radical (unpaired) electrons. The van der Waals surface area contributed by atoms with E-state index in [4.69, 9.17) is 4.42 Å². The molecule has 0 unspecified atom stereocenters. The maximum absolute atomic E-state index is 13.0. The zero-order valence-corrected chi connectivity index (χ0v) is 17.5. The minimum Gasteiger partial charge on any atom is -0.439 e. The van der Waals surface area contributed by atoms with Crippen LogP contribution in [0.1, 0.15) is 17.0 Å². The van der Waals surface area contributed by atoms with E-state index in [2.05, 4.69) is 9.88 Å². The van der Waals surface area contributed by atoms with Gasteiger partial charge < -0.3 is 4.42 Å². The molecule has 7 heteroatoms. The third-order valence-corrected chi connectivity index (χ3v) is 7.31. The zero-order chi connectivity index (χ0) is 20.4. The van der Waals surface area contributed by atoms with Crippen molar-refractivity contribution in [3.63, 3.8) is 0 Å². The molecule has 1 aromatic heterocycles. The van der Waals surface area contributed by atoms with E-state index in [1.165, 1.54) is 0 Å². The van der Waals surface area contributed by atoms with Crippen LogP contribution in [0.4, 0.5) is 0 Å². The molecule has 1 fully saturated rings. The van der Waals surface area contributed by atoms with Gasteiger partial charge in [0, 0.05) is 31.7 Å². The van der Waals surface area contributed by atoms with Gasteiger partial charge in [-0.3, -0.25) is 4.90 Å². The SMILES string of the molecule is Cc1ccc(S(=O)(=O)N2CCN(Cc3ncc(-c4ccccc4)o3)CC2)c(C)c1. The number of aryl methyl sites for hydroxylation is 2. The second-order valence-corrected chi connectivity index (χ2v) is 9.34. The fraction of sp³-hybridized carbons (Fsp3) is 0.318. The Morgan fingerprint density at radius 2 is 1.72 bits per heavy atom. The van der Waals surface area contributed by atoms with E-state index in [0.29, 0.717) is 43.5 Å². The topological polar surface area (TPSA) is 66.7 Å². The lowest BCUT2D eigenvalue weighted by Crippen LogP contribution is -2.48. The van der Waals surface area contributed by atoms with Gasteiger partial charge in [0.25, 0.3) is 0 Å². The summed E-state index contributed by atoms with van der Waals surface area (Å²) >= 11 is 0. The summed E-state index contributed by atoms with van der Waals surface area (Å²) in [5.41, 5.74) is 2.85. The summed E-state index contributed by atoms with van der Waals surface area (Å²) in [7, 11) is -3.47. The first-order valence-electron chi connectivity index (χ1n) is 9.73. The van der Waals surface area contributed by atoms with Crippen molar-refractivity contribution in [2.45, 2.75) is 25.3 Å². The number of sulfonamides is 1. The molecule has 0 spiro atoms.